The molecule has 142 valence electrons. The first kappa shape index (κ1) is 18.0. The Labute approximate surface area is 162 Å². The summed E-state index contributed by atoms with van der Waals surface area (Å²) in [5.74, 6) is 1.53. The van der Waals surface area contributed by atoms with Crippen molar-refractivity contribution < 1.29 is 9.84 Å². The van der Waals surface area contributed by atoms with Crippen LogP contribution in [0.2, 0.25) is 5.15 Å². The Morgan fingerprint density at radius 1 is 1.26 bits per heavy atom. The summed E-state index contributed by atoms with van der Waals surface area (Å²) in [7, 11) is 0. The van der Waals surface area contributed by atoms with Gasteiger partial charge in [-0.1, -0.05) is 23.7 Å². The van der Waals surface area contributed by atoms with Crippen LogP contribution in [-0.4, -0.2) is 43.8 Å². The third kappa shape index (κ3) is 4.31. The molecule has 0 atom stereocenters. The van der Waals surface area contributed by atoms with Crippen LogP contribution in [0.1, 0.15) is 30.7 Å². The highest BCUT2D eigenvalue weighted by Gasteiger charge is 2.40. The Morgan fingerprint density at radius 2 is 2.07 bits per heavy atom. The van der Waals surface area contributed by atoms with Crippen LogP contribution in [0.5, 0.6) is 6.01 Å². The van der Waals surface area contributed by atoms with Gasteiger partial charge >= 0.3 is 6.01 Å². The molecule has 0 radical (unpaired) electrons. The first-order valence-corrected chi connectivity index (χ1v) is 9.47. The lowest BCUT2D eigenvalue weighted by atomic mass is 10.3. The predicted molar refractivity (Wildman–Crippen MR) is 104 cm³/mol. The zero-order chi connectivity index (χ0) is 18.9. The van der Waals surface area contributed by atoms with Gasteiger partial charge in [0.05, 0.1) is 23.2 Å². The molecule has 27 heavy (non-hydrogen) atoms. The van der Waals surface area contributed by atoms with Crippen molar-refractivity contribution in [2.24, 2.45) is 0 Å². The molecule has 3 aromatic rings. The van der Waals surface area contributed by atoms with Gasteiger partial charge in [-0.15, -0.1) is 0 Å². The fraction of sp³-hybridized carbons (Fsp3) is 0.421. The average Bonchev–Trinajstić information content (AvgIpc) is 3.25. The quantitative estimate of drug-likeness (QED) is 0.405. The minimum atomic E-state index is -0.614. The third-order valence-corrected chi connectivity index (χ3v) is 5.07. The largest absolute Gasteiger partial charge is 0.463 e. The molecule has 0 saturated heterocycles. The summed E-state index contributed by atoms with van der Waals surface area (Å²) in [5.41, 5.74) is 2.14. The number of aliphatic hydroxyl groups is 1. The number of rotatable bonds is 8. The average molecular weight is 388 g/mol. The van der Waals surface area contributed by atoms with Crippen LogP contribution < -0.4 is 10.1 Å². The molecule has 1 aliphatic rings. The highest BCUT2D eigenvalue weighted by atomic mass is 35.5. The number of aryl methyl sites for hydroxylation is 1. The Morgan fingerprint density at radius 3 is 2.85 bits per heavy atom. The number of para-hydroxylation sites is 2. The lowest BCUT2D eigenvalue weighted by Gasteiger charge is -2.14. The molecule has 2 heterocycles. The number of halogens is 1. The van der Waals surface area contributed by atoms with Crippen molar-refractivity contribution in [3.05, 3.63) is 40.8 Å². The van der Waals surface area contributed by atoms with E-state index in [1.807, 2.05) is 31.2 Å². The molecule has 7 nitrogen and oxygen atoms in total. The SMILES string of the molecule is Cc1c(Cl)nc(OCCCc2nc3ccccc3[nH]2)nc1NCC1(O)CC1. The van der Waals surface area contributed by atoms with Gasteiger partial charge in [-0.25, -0.2) is 4.98 Å². The molecule has 4 rings (SSSR count). The summed E-state index contributed by atoms with van der Waals surface area (Å²) in [6, 6.07) is 8.19. The van der Waals surface area contributed by atoms with E-state index in [9.17, 15) is 5.11 Å². The molecule has 0 bridgehead atoms. The van der Waals surface area contributed by atoms with Crippen LogP contribution in [0, 0.1) is 6.92 Å². The Hall–Kier alpha value is -2.38. The normalized spacial score (nSPS) is 15.1. The number of fused-ring (bicyclic) bond motifs is 1. The van der Waals surface area contributed by atoms with Crippen molar-refractivity contribution in [1.29, 1.82) is 0 Å². The molecule has 1 aliphatic carbocycles. The molecule has 0 unspecified atom stereocenters. The van der Waals surface area contributed by atoms with Gasteiger partial charge in [0.25, 0.3) is 0 Å². The maximum Gasteiger partial charge on any atom is 0.319 e. The van der Waals surface area contributed by atoms with Gasteiger partial charge in [0.2, 0.25) is 0 Å². The van der Waals surface area contributed by atoms with E-state index < -0.39 is 5.60 Å². The number of anilines is 1. The number of benzene rings is 1. The van der Waals surface area contributed by atoms with E-state index >= 15 is 0 Å². The number of ether oxygens (including phenoxy) is 1. The van der Waals surface area contributed by atoms with Crippen molar-refractivity contribution >= 4 is 28.5 Å². The number of hydrogen-bond donors (Lipinski definition) is 3. The van der Waals surface area contributed by atoms with Gasteiger partial charge in [-0.05, 0) is 38.3 Å². The second-order valence-electron chi connectivity index (χ2n) is 7.00. The topological polar surface area (TPSA) is 96.0 Å². The predicted octanol–water partition coefficient (Wildman–Crippen LogP) is 3.26. The molecule has 0 aliphatic heterocycles. The van der Waals surface area contributed by atoms with Gasteiger partial charge in [0, 0.05) is 18.5 Å². The minimum Gasteiger partial charge on any atom is -0.463 e. The monoisotopic (exact) mass is 387 g/mol. The van der Waals surface area contributed by atoms with Gasteiger partial charge in [-0.3, -0.25) is 0 Å². The van der Waals surface area contributed by atoms with Gasteiger partial charge in [-0.2, -0.15) is 9.97 Å². The lowest BCUT2D eigenvalue weighted by Crippen LogP contribution is -2.22. The first-order chi connectivity index (χ1) is 13.0. The van der Waals surface area contributed by atoms with Crippen LogP contribution in [0.25, 0.3) is 11.0 Å². The van der Waals surface area contributed by atoms with Crippen LogP contribution in [0.15, 0.2) is 24.3 Å². The summed E-state index contributed by atoms with van der Waals surface area (Å²) >= 11 is 6.19. The number of aromatic nitrogens is 4. The van der Waals surface area contributed by atoms with Crippen molar-refractivity contribution in [2.75, 3.05) is 18.5 Å². The smallest absolute Gasteiger partial charge is 0.319 e. The van der Waals surface area contributed by atoms with Crippen LogP contribution in [-0.2, 0) is 6.42 Å². The summed E-state index contributed by atoms with van der Waals surface area (Å²) in [6.45, 7) is 2.75. The molecular weight excluding hydrogens is 366 g/mol. The number of imidazole rings is 1. The van der Waals surface area contributed by atoms with Crippen molar-refractivity contribution in [3.8, 4) is 6.01 Å². The second kappa shape index (κ2) is 7.32. The van der Waals surface area contributed by atoms with E-state index in [0.717, 1.165) is 48.1 Å². The third-order valence-electron chi connectivity index (χ3n) is 4.71. The zero-order valence-electron chi connectivity index (χ0n) is 15.1. The fourth-order valence-electron chi connectivity index (χ4n) is 2.80. The highest BCUT2D eigenvalue weighted by Crippen LogP contribution is 2.35. The molecule has 1 saturated carbocycles. The van der Waals surface area contributed by atoms with E-state index in [0.29, 0.717) is 24.1 Å². The first-order valence-electron chi connectivity index (χ1n) is 9.09. The van der Waals surface area contributed by atoms with Crippen LogP contribution in [0.3, 0.4) is 0 Å². The number of hydrogen-bond acceptors (Lipinski definition) is 6. The van der Waals surface area contributed by atoms with E-state index in [-0.39, 0.29) is 6.01 Å². The highest BCUT2D eigenvalue weighted by molar-refractivity contribution is 6.30. The molecule has 8 heteroatoms. The Bertz CT molecular complexity index is 921. The van der Waals surface area contributed by atoms with Crippen molar-refractivity contribution in [1.82, 2.24) is 19.9 Å². The minimum absolute atomic E-state index is 0.237. The van der Waals surface area contributed by atoms with E-state index in [2.05, 4.69) is 25.3 Å². The number of H-pyrrole nitrogens is 1. The molecule has 2 aromatic heterocycles. The molecule has 3 N–H and O–H groups in total. The van der Waals surface area contributed by atoms with Crippen LogP contribution >= 0.6 is 11.6 Å². The second-order valence-corrected chi connectivity index (χ2v) is 7.36. The number of nitrogens with zero attached hydrogens (tertiary/aromatic N) is 3. The maximum atomic E-state index is 9.97. The van der Waals surface area contributed by atoms with E-state index in [1.165, 1.54) is 0 Å². The Balaban J connectivity index is 1.32. The number of aromatic amines is 1. The van der Waals surface area contributed by atoms with Gasteiger partial charge in [0.1, 0.15) is 16.8 Å². The summed E-state index contributed by atoms with van der Waals surface area (Å²) in [4.78, 5) is 16.4. The molecular formula is C19H22ClN5O2. The number of nitrogens with one attached hydrogen (secondary N) is 2. The lowest BCUT2D eigenvalue weighted by molar-refractivity contribution is 0.164. The van der Waals surface area contributed by atoms with Gasteiger partial charge in [0.15, 0.2) is 0 Å². The zero-order valence-corrected chi connectivity index (χ0v) is 15.9. The summed E-state index contributed by atoms with van der Waals surface area (Å²) in [6.07, 6.45) is 3.16. The summed E-state index contributed by atoms with van der Waals surface area (Å²) in [5, 5.41) is 13.5. The molecule has 1 aromatic carbocycles. The molecule has 0 spiro atoms. The van der Waals surface area contributed by atoms with Crippen molar-refractivity contribution in [2.45, 2.75) is 38.2 Å². The molecule has 0 amide bonds. The standard InChI is InChI=1S/C19H22ClN5O2/c1-12-16(20)24-18(25-17(12)21-11-19(26)8-9-19)27-10-4-7-15-22-13-5-2-3-6-14(13)23-15/h2-3,5-6,26H,4,7-11H2,1H3,(H,22,23)(H,21,24,25). The van der Waals surface area contributed by atoms with E-state index in [4.69, 9.17) is 16.3 Å². The van der Waals surface area contributed by atoms with Crippen molar-refractivity contribution in [3.63, 3.8) is 0 Å². The fourth-order valence-corrected chi connectivity index (χ4v) is 2.96. The summed E-state index contributed by atoms with van der Waals surface area (Å²) < 4.78 is 5.68. The Kier molecular flexibility index (Phi) is 4.88. The van der Waals surface area contributed by atoms with E-state index in [1.54, 1.807) is 0 Å². The van der Waals surface area contributed by atoms with Gasteiger partial charge < -0.3 is 20.1 Å². The molecule has 1 fully saturated rings. The maximum absolute atomic E-state index is 9.97. The van der Waals surface area contributed by atoms with Crippen LogP contribution in [0.4, 0.5) is 5.82 Å².